The number of nitrogens with zero attached hydrogens (tertiary/aromatic N) is 1. The minimum atomic E-state index is -0.220. The van der Waals surface area contributed by atoms with Crippen molar-refractivity contribution in [3.05, 3.63) is 28.8 Å². The number of nitrogens with one attached hydrogen (secondary N) is 1. The van der Waals surface area contributed by atoms with E-state index in [4.69, 9.17) is 16.3 Å². The van der Waals surface area contributed by atoms with Crippen LogP contribution in [0.5, 0.6) is 5.75 Å². The fraction of sp³-hybridized carbons (Fsp3) is 0.467. The molecule has 1 aliphatic rings. The zero-order valence-corrected chi connectivity index (χ0v) is 12.8. The van der Waals surface area contributed by atoms with Crippen LogP contribution in [0.25, 0.3) is 0 Å². The van der Waals surface area contributed by atoms with Crippen LogP contribution in [0.4, 0.5) is 0 Å². The maximum Gasteiger partial charge on any atom is 0.255 e. The first-order valence-electron chi connectivity index (χ1n) is 7.01. The summed E-state index contributed by atoms with van der Waals surface area (Å²) in [6.45, 7) is 2.03. The molecule has 1 aromatic carbocycles. The first kappa shape index (κ1) is 15.6. The Morgan fingerprint density at radius 3 is 2.95 bits per heavy atom. The van der Waals surface area contributed by atoms with Gasteiger partial charge in [-0.25, -0.2) is 0 Å². The molecule has 6 heteroatoms. The quantitative estimate of drug-likeness (QED) is 0.819. The van der Waals surface area contributed by atoms with Gasteiger partial charge in [0.2, 0.25) is 5.91 Å². The average molecular weight is 311 g/mol. The van der Waals surface area contributed by atoms with E-state index in [0.29, 0.717) is 35.8 Å². The van der Waals surface area contributed by atoms with Crippen molar-refractivity contribution in [2.24, 2.45) is 0 Å². The topological polar surface area (TPSA) is 58.6 Å². The molecule has 5 nitrogen and oxygen atoms in total. The lowest BCUT2D eigenvalue weighted by atomic mass is 10.2. The van der Waals surface area contributed by atoms with Gasteiger partial charge in [0.1, 0.15) is 5.75 Å². The van der Waals surface area contributed by atoms with E-state index in [0.717, 1.165) is 19.4 Å². The standard InChI is InChI=1S/C15H19ClN2O3/c1-21-13-6-5-11(16)10-12(13)15(20)17-7-3-9-18-8-2-4-14(18)19/h5-6,10H,2-4,7-9H2,1H3,(H,17,20). The molecule has 1 aromatic rings. The number of amides is 2. The Kier molecular flexibility index (Phi) is 5.44. The number of ether oxygens (including phenoxy) is 1. The number of carbonyl (C=O) groups is 2. The first-order chi connectivity index (χ1) is 10.1. The Balaban J connectivity index is 1.82. The van der Waals surface area contributed by atoms with Gasteiger partial charge in [0, 0.05) is 31.1 Å². The average Bonchev–Trinajstić information content (AvgIpc) is 2.88. The molecule has 1 heterocycles. The highest BCUT2D eigenvalue weighted by atomic mass is 35.5. The van der Waals surface area contributed by atoms with Gasteiger partial charge in [-0.15, -0.1) is 0 Å². The lowest BCUT2D eigenvalue weighted by Crippen LogP contribution is -2.30. The molecule has 0 atom stereocenters. The molecule has 1 N–H and O–H groups in total. The third-order valence-electron chi connectivity index (χ3n) is 3.47. The van der Waals surface area contributed by atoms with Crippen molar-refractivity contribution in [3.8, 4) is 5.75 Å². The molecule has 2 rings (SSSR count). The second kappa shape index (κ2) is 7.31. The molecule has 1 aliphatic heterocycles. The largest absolute Gasteiger partial charge is 0.496 e. The van der Waals surface area contributed by atoms with E-state index >= 15 is 0 Å². The molecule has 0 bridgehead atoms. The van der Waals surface area contributed by atoms with Crippen molar-refractivity contribution in [1.82, 2.24) is 10.2 Å². The predicted molar refractivity (Wildman–Crippen MR) is 80.8 cm³/mol. The van der Waals surface area contributed by atoms with Gasteiger partial charge in [-0.2, -0.15) is 0 Å². The van der Waals surface area contributed by atoms with Crippen molar-refractivity contribution < 1.29 is 14.3 Å². The summed E-state index contributed by atoms with van der Waals surface area (Å²) in [5.41, 5.74) is 0.419. The van der Waals surface area contributed by atoms with Crippen LogP contribution >= 0.6 is 11.6 Å². The van der Waals surface area contributed by atoms with E-state index in [1.165, 1.54) is 7.11 Å². The van der Waals surface area contributed by atoms with Gasteiger partial charge in [-0.3, -0.25) is 9.59 Å². The zero-order chi connectivity index (χ0) is 15.2. The summed E-state index contributed by atoms with van der Waals surface area (Å²) in [7, 11) is 1.51. The van der Waals surface area contributed by atoms with Crippen LogP contribution in [0.15, 0.2) is 18.2 Å². The van der Waals surface area contributed by atoms with Gasteiger partial charge in [0.05, 0.1) is 12.7 Å². The third-order valence-corrected chi connectivity index (χ3v) is 3.70. The van der Waals surface area contributed by atoms with Crippen LogP contribution in [0.2, 0.25) is 5.02 Å². The van der Waals surface area contributed by atoms with Gasteiger partial charge in [0.15, 0.2) is 0 Å². The van der Waals surface area contributed by atoms with Crippen LogP contribution in [0.1, 0.15) is 29.6 Å². The Hall–Kier alpha value is -1.75. The third kappa shape index (κ3) is 4.11. The van der Waals surface area contributed by atoms with Crippen LogP contribution in [0, 0.1) is 0 Å². The molecule has 1 fully saturated rings. The normalized spacial score (nSPS) is 14.4. The smallest absolute Gasteiger partial charge is 0.255 e. The molecule has 0 unspecified atom stereocenters. The van der Waals surface area contributed by atoms with Gasteiger partial charge >= 0.3 is 0 Å². The van der Waals surface area contributed by atoms with Crippen molar-refractivity contribution in [2.75, 3.05) is 26.7 Å². The second-order valence-electron chi connectivity index (χ2n) is 4.94. The van der Waals surface area contributed by atoms with Crippen LogP contribution < -0.4 is 10.1 Å². The molecular weight excluding hydrogens is 292 g/mol. The van der Waals surface area contributed by atoms with E-state index in [2.05, 4.69) is 5.32 Å². The van der Waals surface area contributed by atoms with Crippen LogP contribution in [0.3, 0.4) is 0 Å². The molecule has 0 radical (unpaired) electrons. The van der Waals surface area contributed by atoms with Crippen molar-refractivity contribution in [2.45, 2.75) is 19.3 Å². The summed E-state index contributed by atoms with van der Waals surface area (Å²) in [4.78, 5) is 25.4. The lowest BCUT2D eigenvalue weighted by Gasteiger charge is -2.15. The molecular formula is C15H19ClN2O3. The van der Waals surface area contributed by atoms with Crippen molar-refractivity contribution >= 4 is 23.4 Å². The minimum absolute atomic E-state index is 0.206. The summed E-state index contributed by atoms with van der Waals surface area (Å²) in [6.07, 6.45) is 2.32. The fourth-order valence-electron chi connectivity index (χ4n) is 2.37. The monoisotopic (exact) mass is 310 g/mol. The summed E-state index contributed by atoms with van der Waals surface area (Å²) in [5.74, 6) is 0.478. The fourth-order valence-corrected chi connectivity index (χ4v) is 2.54. The molecule has 0 aromatic heterocycles. The van der Waals surface area contributed by atoms with E-state index in [1.54, 1.807) is 18.2 Å². The lowest BCUT2D eigenvalue weighted by molar-refractivity contribution is -0.127. The molecule has 2 amide bonds. The number of hydrogen-bond donors (Lipinski definition) is 1. The minimum Gasteiger partial charge on any atom is -0.496 e. The van der Waals surface area contributed by atoms with Crippen molar-refractivity contribution in [1.29, 1.82) is 0 Å². The van der Waals surface area contributed by atoms with Gasteiger partial charge in [0.25, 0.3) is 5.91 Å². The van der Waals surface area contributed by atoms with E-state index in [1.807, 2.05) is 4.90 Å². The number of methoxy groups -OCH3 is 1. The highest BCUT2D eigenvalue weighted by Gasteiger charge is 2.19. The Bertz CT molecular complexity index is 534. The number of carbonyl (C=O) groups excluding carboxylic acids is 2. The zero-order valence-electron chi connectivity index (χ0n) is 12.0. The number of halogens is 1. The number of likely N-dealkylation sites (tertiary alicyclic amines) is 1. The highest BCUT2D eigenvalue weighted by molar-refractivity contribution is 6.31. The number of hydrogen-bond acceptors (Lipinski definition) is 3. The highest BCUT2D eigenvalue weighted by Crippen LogP contribution is 2.22. The maximum atomic E-state index is 12.1. The Morgan fingerprint density at radius 1 is 1.48 bits per heavy atom. The first-order valence-corrected chi connectivity index (χ1v) is 7.39. The van der Waals surface area contributed by atoms with Gasteiger partial charge in [-0.1, -0.05) is 11.6 Å². The Labute approximate surface area is 129 Å². The Morgan fingerprint density at radius 2 is 2.29 bits per heavy atom. The molecule has 1 saturated heterocycles. The molecule has 0 saturated carbocycles. The molecule has 0 aliphatic carbocycles. The molecule has 114 valence electrons. The molecule has 21 heavy (non-hydrogen) atoms. The van der Waals surface area contributed by atoms with Gasteiger partial charge < -0.3 is 15.0 Å². The van der Waals surface area contributed by atoms with Gasteiger partial charge in [-0.05, 0) is 31.0 Å². The number of benzene rings is 1. The van der Waals surface area contributed by atoms with Crippen LogP contribution in [-0.4, -0.2) is 43.5 Å². The SMILES string of the molecule is COc1ccc(Cl)cc1C(=O)NCCCN1CCCC1=O. The second-order valence-corrected chi connectivity index (χ2v) is 5.37. The number of rotatable bonds is 6. The van der Waals surface area contributed by atoms with E-state index in [-0.39, 0.29) is 11.8 Å². The van der Waals surface area contributed by atoms with Crippen molar-refractivity contribution in [3.63, 3.8) is 0 Å². The maximum absolute atomic E-state index is 12.1. The van der Waals surface area contributed by atoms with Crippen LogP contribution in [-0.2, 0) is 4.79 Å². The summed E-state index contributed by atoms with van der Waals surface area (Å²) < 4.78 is 5.15. The molecule has 0 spiro atoms. The summed E-state index contributed by atoms with van der Waals surface area (Å²) >= 11 is 5.90. The van der Waals surface area contributed by atoms with E-state index in [9.17, 15) is 9.59 Å². The summed E-state index contributed by atoms with van der Waals surface area (Å²) in [6, 6.07) is 4.93. The predicted octanol–water partition coefficient (Wildman–Crippen LogP) is 2.09. The van der Waals surface area contributed by atoms with E-state index < -0.39 is 0 Å². The summed E-state index contributed by atoms with van der Waals surface area (Å²) in [5, 5.41) is 3.31.